The fraction of sp³-hybridized carbons (Fsp3) is 0.167. The highest BCUT2D eigenvalue weighted by molar-refractivity contribution is 7.92. The number of anilines is 1. The number of rotatable bonds is 6. The van der Waals surface area contributed by atoms with Crippen LogP contribution in [-0.4, -0.2) is 31.1 Å². The number of sulfonamides is 1. The number of carboxylic acid groups (broad SMARTS) is 1. The summed E-state index contributed by atoms with van der Waals surface area (Å²) in [6, 6.07) is 5.17. The van der Waals surface area contributed by atoms with Crippen LogP contribution >= 0.6 is 0 Å². The Kier molecular flexibility index (Phi) is 4.13. The molecule has 1 aromatic heterocycles. The molecule has 0 atom stereocenters. The average Bonchev–Trinajstić information content (AvgIpc) is 2.81. The summed E-state index contributed by atoms with van der Waals surface area (Å²) in [5.41, 5.74) is 0.546. The summed E-state index contributed by atoms with van der Waals surface area (Å²) in [5.74, 6) is -0.865. The summed E-state index contributed by atoms with van der Waals surface area (Å²) in [6.45, 7) is 1.16. The van der Waals surface area contributed by atoms with Gasteiger partial charge in [0.25, 0.3) is 10.0 Å². The minimum Gasteiger partial charge on any atom is -0.482 e. The molecular formula is C12H12N2O6S. The summed E-state index contributed by atoms with van der Waals surface area (Å²) < 4.78 is 36.1. The second-order valence-electron chi connectivity index (χ2n) is 4.05. The number of ether oxygens (including phenoxy) is 1. The molecule has 2 rings (SSSR count). The number of carbonyl (C=O) groups is 1. The van der Waals surface area contributed by atoms with Crippen molar-refractivity contribution in [2.45, 2.75) is 11.8 Å². The minimum absolute atomic E-state index is 0.0268. The first-order chi connectivity index (χ1) is 9.87. The third kappa shape index (κ3) is 3.96. The largest absolute Gasteiger partial charge is 0.482 e. The lowest BCUT2D eigenvalue weighted by Crippen LogP contribution is -2.13. The predicted octanol–water partition coefficient (Wildman–Crippen LogP) is 1.25. The van der Waals surface area contributed by atoms with E-state index in [1.165, 1.54) is 30.5 Å². The first-order valence-electron chi connectivity index (χ1n) is 5.76. The molecule has 0 aliphatic rings. The van der Waals surface area contributed by atoms with Gasteiger partial charge in [0, 0.05) is 0 Å². The highest BCUT2D eigenvalue weighted by atomic mass is 32.2. The lowest BCUT2D eigenvalue weighted by atomic mass is 10.3. The molecular weight excluding hydrogens is 300 g/mol. The molecule has 2 aromatic rings. The number of carboxylic acids is 1. The normalized spacial score (nSPS) is 11.1. The summed E-state index contributed by atoms with van der Waals surface area (Å²) in [6.07, 6.45) is 1.32. The Morgan fingerprint density at radius 1 is 1.38 bits per heavy atom. The highest BCUT2D eigenvalue weighted by Gasteiger charge is 2.17. The predicted molar refractivity (Wildman–Crippen MR) is 71.6 cm³/mol. The fourth-order valence-electron chi connectivity index (χ4n) is 1.43. The zero-order chi connectivity index (χ0) is 15.5. The second kappa shape index (κ2) is 5.83. The van der Waals surface area contributed by atoms with Crippen molar-refractivity contribution in [2.24, 2.45) is 0 Å². The number of hydrogen-bond donors (Lipinski definition) is 2. The van der Waals surface area contributed by atoms with E-state index in [0.29, 0.717) is 5.69 Å². The Hall–Kier alpha value is -2.55. The van der Waals surface area contributed by atoms with E-state index in [4.69, 9.17) is 14.3 Å². The number of nitrogens with one attached hydrogen (secondary N) is 1. The van der Waals surface area contributed by atoms with E-state index in [0.717, 1.165) is 0 Å². The number of aromatic nitrogens is 1. The van der Waals surface area contributed by atoms with E-state index in [-0.39, 0.29) is 16.7 Å². The van der Waals surface area contributed by atoms with E-state index >= 15 is 0 Å². The lowest BCUT2D eigenvalue weighted by molar-refractivity contribution is -0.139. The van der Waals surface area contributed by atoms with Gasteiger partial charge in [0.15, 0.2) is 6.61 Å². The number of hydrogen-bond acceptors (Lipinski definition) is 6. The summed E-state index contributed by atoms with van der Waals surface area (Å²) >= 11 is 0. The van der Waals surface area contributed by atoms with Crippen LogP contribution in [0.3, 0.4) is 0 Å². The van der Waals surface area contributed by atoms with Gasteiger partial charge in [-0.1, -0.05) is 0 Å². The van der Waals surface area contributed by atoms with Gasteiger partial charge >= 0.3 is 12.0 Å². The Morgan fingerprint density at radius 2 is 2.05 bits per heavy atom. The van der Waals surface area contributed by atoms with Gasteiger partial charge in [-0.3, -0.25) is 0 Å². The molecule has 8 nitrogen and oxygen atoms in total. The van der Waals surface area contributed by atoms with E-state index in [9.17, 15) is 13.2 Å². The van der Waals surface area contributed by atoms with Crippen LogP contribution in [-0.2, 0) is 14.8 Å². The monoisotopic (exact) mass is 312 g/mol. The SMILES string of the molecule is Cc1coc(NS(=O)(=O)c2ccc(OCC(=O)O)cc2)n1. The van der Waals surface area contributed by atoms with E-state index in [1.807, 2.05) is 0 Å². The Balaban J connectivity index is 2.11. The molecule has 0 amide bonds. The van der Waals surface area contributed by atoms with Gasteiger partial charge in [-0.25, -0.2) is 17.9 Å². The fourth-order valence-corrected chi connectivity index (χ4v) is 2.37. The average molecular weight is 312 g/mol. The van der Waals surface area contributed by atoms with Gasteiger partial charge in [0.05, 0.1) is 10.6 Å². The first kappa shape index (κ1) is 14.9. The summed E-state index contributed by atoms with van der Waals surface area (Å²) in [4.78, 5) is 14.2. The highest BCUT2D eigenvalue weighted by Crippen LogP contribution is 2.19. The lowest BCUT2D eigenvalue weighted by Gasteiger charge is -2.06. The molecule has 0 saturated carbocycles. The molecule has 0 radical (unpaired) electrons. The van der Waals surface area contributed by atoms with Crippen LogP contribution in [0.5, 0.6) is 5.75 Å². The van der Waals surface area contributed by atoms with Crippen LogP contribution in [0.25, 0.3) is 0 Å². The molecule has 9 heteroatoms. The maximum absolute atomic E-state index is 12.0. The van der Waals surface area contributed by atoms with Crippen LogP contribution in [0, 0.1) is 6.92 Å². The van der Waals surface area contributed by atoms with Crippen molar-refractivity contribution < 1.29 is 27.5 Å². The third-order valence-electron chi connectivity index (χ3n) is 2.34. The quantitative estimate of drug-likeness (QED) is 0.823. The number of aliphatic carboxylic acids is 1. The second-order valence-corrected chi connectivity index (χ2v) is 5.74. The summed E-state index contributed by atoms with van der Waals surface area (Å²) in [7, 11) is -3.83. The number of nitrogens with zero attached hydrogens (tertiary/aromatic N) is 1. The molecule has 21 heavy (non-hydrogen) atoms. The number of oxazole rings is 1. The molecule has 0 saturated heterocycles. The minimum atomic E-state index is -3.83. The maximum Gasteiger partial charge on any atom is 0.341 e. The maximum atomic E-state index is 12.0. The van der Waals surface area contributed by atoms with Crippen LogP contribution in [0.1, 0.15) is 5.69 Å². The molecule has 0 bridgehead atoms. The molecule has 0 fully saturated rings. The molecule has 0 unspecified atom stereocenters. The standard InChI is InChI=1S/C12H12N2O6S/c1-8-6-20-12(13-8)14-21(17,18)10-4-2-9(3-5-10)19-7-11(15)16/h2-6H,7H2,1H3,(H,13,14)(H,15,16). The third-order valence-corrected chi connectivity index (χ3v) is 3.67. The van der Waals surface area contributed by atoms with Gasteiger partial charge in [-0.2, -0.15) is 4.98 Å². The Morgan fingerprint density at radius 3 is 2.57 bits per heavy atom. The van der Waals surface area contributed by atoms with Gasteiger partial charge in [0.1, 0.15) is 12.0 Å². The molecule has 112 valence electrons. The van der Waals surface area contributed by atoms with Crippen LogP contribution in [0.2, 0.25) is 0 Å². The van der Waals surface area contributed by atoms with Gasteiger partial charge < -0.3 is 14.3 Å². The molecule has 1 aromatic carbocycles. The Bertz CT molecular complexity index is 735. The van der Waals surface area contributed by atoms with Crippen molar-refractivity contribution in [3.8, 4) is 5.75 Å². The first-order valence-corrected chi connectivity index (χ1v) is 7.25. The summed E-state index contributed by atoms with van der Waals surface area (Å²) in [5, 5.41) is 8.48. The molecule has 2 N–H and O–H groups in total. The van der Waals surface area contributed by atoms with Crippen molar-refractivity contribution in [1.29, 1.82) is 0 Å². The van der Waals surface area contributed by atoms with Crippen molar-refractivity contribution in [2.75, 3.05) is 11.3 Å². The van der Waals surface area contributed by atoms with Crippen LogP contribution in [0.15, 0.2) is 39.8 Å². The van der Waals surface area contributed by atoms with Crippen LogP contribution in [0.4, 0.5) is 6.01 Å². The number of benzene rings is 1. The van der Waals surface area contributed by atoms with Crippen molar-refractivity contribution >= 4 is 22.0 Å². The number of aryl methyl sites for hydroxylation is 1. The van der Waals surface area contributed by atoms with Crippen molar-refractivity contribution in [3.05, 3.63) is 36.2 Å². The topological polar surface area (TPSA) is 119 Å². The molecule has 0 aliphatic heterocycles. The van der Waals surface area contributed by atoms with E-state index in [1.54, 1.807) is 6.92 Å². The zero-order valence-electron chi connectivity index (χ0n) is 10.9. The van der Waals surface area contributed by atoms with Crippen molar-refractivity contribution in [1.82, 2.24) is 4.98 Å². The molecule has 0 spiro atoms. The van der Waals surface area contributed by atoms with E-state index in [2.05, 4.69) is 9.71 Å². The van der Waals surface area contributed by atoms with Crippen molar-refractivity contribution in [3.63, 3.8) is 0 Å². The zero-order valence-corrected chi connectivity index (χ0v) is 11.8. The van der Waals surface area contributed by atoms with Crippen LogP contribution < -0.4 is 9.46 Å². The molecule has 0 aliphatic carbocycles. The smallest absolute Gasteiger partial charge is 0.341 e. The molecule has 1 heterocycles. The van der Waals surface area contributed by atoms with E-state index < -0.39 is 22.6 Å². The Labute approximate surface area is 120 Å². The van der Waals surface area contributed by atoms with Gasteiger partial charge in [-0.15, -0.1) is 0 Å². The van der Waals surface area contributed by atoms with Gasteiger partial charge in [-0.05, 0) is 31.2 Å². The van der Waals surface area contributed by atoms with Gasteiger partial charge in [0.2, 0.25) is 0 Å².